The average molecular weight is 280 g/mol. The molecule has 0 atom stereocenters. The Bertz CT molecular complexity index is 714. The van der Waals surface area contributed by atoms with Gasteiger partial charge >= 0.3 is 0 Å². The molecule has 6 heteroatoms. The molecule has 0 saturated heterocycles. The van der Waals surface area contributed by atoms with Crippen LogP contribution in [0.15, 0.2) is 47.4 Å². The molecule has 0 aliphatic carbocycles. The number of nitrogens with two attached hydrogens (primary N) is 1. The van der Waals surface area contributed by atoms with E-state index in [0.29, 0.717) is 16.9 Å². The van der Waals surface area contributed by atoms with Gasteiger partial charge in [-0.05, 0) is 36.8 Å². The Balaban J connectivity index is 2.43. The van der Waals surface area contributed by atoms with E-state index in [1.165, 1.54) is 24.3 Å². The summed E-state index contributed by atoms with van der Waals surface area (Å²) in [5.41, 5.74) is 7.07. The molecule has 0 amide bonds. The summed E-state index contributed by atoms with van der Waals surface area (Å²) >= 11 is 0. The molecule has 100 valence electrons. The lowest BCUT2D eigenvalue weighted by atomic mass is 10.2. The first-order valence-corrected chi connectivity index (χ1v) is 7.02. The fourth-order valence-corrected chi connectivity index (χ4v) is 2.81. The predicted octanol–water partition coefficient (Wildman–Crippen LogP) is 2.52. The maximum atomic E-state index is 13.5. The molecule has 3 N–H and O–H groups in total. The van der Waals surface area contributed by atoms with Crippen LogP contribution < -0.4 is 10.5 Å². The number of hydrogen-bond donors (Lipinski definition) is 2. The molecule has 0 heterocycles. The van der Waals surface area contributed by atoms with Crippen molar-refractivity contribution in [3.05, 3.63) is 53.8 Å². The second kappa shape index (κ2) is 4.89. The van der Waals surface area contributed by atoms with Gasteiger partial charge < -0.3 is 5.73 Å². The fourth-order valence-electron chi connectivity index (χ4n) is 1.61. The number of sulfonamides is 1. The third-order valence-electron chi connectivity index (χ3n) is 2.63. The van der Waals surface area contributed by atoms with Gasteiger partial charge in [-0.3, -0.25) is 4.72 Å². The lowest BCUT2D eigenvalue weighted by Gasteiger charge is -2.11. The predicted molar refractivity (Wildman–Crippen MR) is 72.8 cm³/mol. The maximum absolute atomic E-state index is 13.5. The van der Waals surface area contributed by atoms with Gasteiger partial charge in [-0.15, -0.1) is 0 Å². The second-order valence-corrected chi connectivity index (χ2v) is 5.76. The van der Waals surface area contributed by atoms with E-state index in [2.05, 4.69) is 4.72 Å². The molecule has 0 aliphatic rings. The van der Waals surface area contributed by atoms with Crippen molar-refractivity contribution >= 4 is 21.4 Å². The SMILES string of the molecule is Cc1ccc(N)cc1NS(=O)(=O)c1ccccc1F. The Kier molecular flexibility index (Phi) is 3.44. The van der Waals surface area contributed by atoms with Crippen LogP contribution in [0.5, 0.6) is 0 Å². The van der Waals surface area contributed by atoms with E-state index in [1.807, 2.05) is 0 Å². The molecule has 0 radical (unpaired) electrons. The molecule has 0 unspecified atom stereocenters. The molecule has 2 aromatic rings. The summed E-state index contributed by atoms with van der Waals surface area (Å²) in [5, 5.41) is 0. The molecule has 0 bridgehead atoms. The van der Waals surface area contributed by atoms with Crippen LogP contribution >= 0.6 is 0 Å². The Morgan fingerprint density at radius 2 is 1.84 bits per heavy atom. The highest BCUT2D eigenvalue weighted by Gasteiger charge is 2.19. The van der Waals surface area contributed by atoms with Crippen LogP contribution in [0.25, 0.3) is 0 Å². The van der Waals surface area contributed by atoms with Crippen LogP contribution in [-0.2, 0) is 10.0 Å². The topological polar surface area (TPSA) is 72.2 Å². The third kappa shape index (κ3) is 2.85. The number of nitrogen functional groups attached to an aromatic ring is 1. The van der Waals surface area contributed by atoms with Crippen LogP contribution in [0.3, 0.4) is 0 Å². The van der Waals surface area contributed by atoms with E-state index >= 15 is 0 Å². The Morgan fingerprint density at radius 1 is 1.16 bits per heavy atom. The van der Waals surface area contributed by atoms with Gasteiger partial charge in [0.1, 0.15) is 10.7 Å². The van der Waals surface area contributed by atoms with Gasteiger partial charge in [0.2, 0.25) is 0 Å². The van der Waals surface area contributed by atoms with Gasteiger partial charge in [-0.2, -0.15) is 0 Å². The van der Waals surface area contributed by atoms with Gasteiger partial charge in [-0.1, -0.05) is 18.2 Å². The molecule has 2 rings (SSSR count). The van der Waals surface area contributed by atoms with E-state index in [1.54, 1.807) is 19.1 Å². The molecule has 2 aromatic carbocycles. The maximum Gasteiger partial charge on any atom is 0.264 e. The second-order valence-electron chi connectivity index (χ2n) is 4.11. The van der Waals surface area contributed by atoms with Crippen molar-refractivity contribution in [3.63, 3.8) is 0 Å². The smallest absolute Gasteiger partial charge is 0.264 e. The van der Waals surface area contributed by atoms with Crippen molar-refractivity contribution in [3.8, 4) is 0 Å². The zero-order chi connectivity index (χ0) is 14.0. The Hall–Kier alpha value is -2.08. The quantitative estimate of drug-likeness (QED) is 0.848. The minimum Gasteiger partial charge on any atom is -0.399 e. The van der Waals surface area contributed by atoms with E-state index < -0.39 is 20.7 Å². The number of benzene rings is 2. The first kappa shape index (κ1) is 13.4. The Morgan fingerprint density at radius 3 is 2.53 bits per heavy atom. The summed E-state index contributed by atoms with van der Waals surface area (Å²) in [7, 11) is -3.96. The fraction of sp³-hybridized carbons (Fsp3) is 0.0769. The van der Waals surface area contributed by atoms with Gasteiger partial charge in [0.25, 0.3) is 10.0 Å². The zero-order valence-electron chi connectivity index (χ0n) is 10.2. The normalized spacial score (nSPS) is 11.3. The van der Waals surface area contributed by atoms with Gasteiger partial charge in [0.05, 0.1) is 5.69 Å². The van der Waals surface area contributed by atoms with Gasteiger partial charge in [0, 0.05) is 5.69 Å². The molecule has 19 heavy (non-hydrogen) atoms. The standard InChI is InChI=1S/C13H13FN2O2S/c1-9-6-7-10(15)8-12(9)16-19(17,18)13-5-3-2-4-11(13)14/h2-8,16H,15H2,1H3. The van der Waals surface area contributed by atoms with E-state index in [0.717, 1.165) is 6.07 Å². The van der Waals surface area contributed by atoms with E-state index in [-0.39, 0.29) is 0 Å². The number of nitrogens with one attached hydrogen (secondary N) is 1. The molecule has 4 nitrogen and oxygen atoms in total. The third-order valence-corrected chi connectivity index (χ3v) is 4.03. The minimum absolute atomic E-state index is 0.336. The summed E-state index contributed by atoms with van der Waals surface area (Å²) in [6, 6.07) is 10.0. The van der Waals surface area contributed by atoms with Gasteiger partial charge in [0.15, 0.2) is 0 Å². The van der Waals surface area contributed by atoms with Crippen molar-refractivity contribution in [1.29, 1.82) is 0 Å². The van der Waals surface area contributed by atoms with Crippen molar-refractivity contribution in [2.24, 2.45) is 0 Å². The first-order chi connectivity index (χ1) is 8.90. The highest BCUT2D eigenvalue weighted by atomic mass is 32.2. The number of anilines is 2. The molecule has 0 spiro atoms. The summed E-state index contributed by atoms with van der Waals surface area (Å²) < 4.78 is 40.0. The molecule has 0 saturated carbocycles. The lowest BCUT2D eigenvalue weighted by molar-refractivity contribution is 0.570. The minimum atomic E-state index is -3.96. The molecule has 0 fully saturated rings. The van der Waals surface area contributed by atoms with Crippen LogP contribution in [0, 0.1) is 12.7 Å². The molecule has 0 aromatic heterocycles. The molecule has 0 aliphatic heterocycles. The van der Waals surface area contributed by atoms with Crippen molar-refractivity contribution in [2.45, 2.75) is 11.8 Å². The highest BCUT2D eigenvalue weighted by Crippen LogP contribution is 2.23. The zero-order valence-corrected chi connectivity index (χ0v) is 11.0. The monoisotopic (exact) mass is 280 g/mol. The van der Waals surface area contributed by atoms with Crippen molar-refractivity contribution in [2.75, 3.05) is 10.5 Å². The summed E-state index contributed by atoms with van der Waals surface area (Å²) in [6.45, 7) is 1.73. The number of rotatable bonds is 3. The number of hydrogen-bond acceptors (Lipinski definition) is 3. The van der Waals surface area contributed by atoms with E-state index in [9.17, 15) is 12.8 Å². The summed E-state index contributed by atoms with van der Waals surface area (Å²) in [6.07, 6.45) is 0. The number of aryl methyl sites for hydroxylation is 1. The van der Waals surface area contributed by atoms with Crippen molar-refractivity contribution < 1.29 is 12.8 Å². The molecular weight excluding hydrogens is 267 g/mol. The number of halogens is 1. The summed E-state index contributed by atoms with van der Waals surface area (Å²) in [5.74, 6) is -0.795. The van der Waals surface area contributed by atoms with Crippen LogP contribution in [0.4, 0.5) is 15.8 Å². The first-order valence-electron chi connectivity index (χ1n) is 5.53. The van der Waals surface area contributed by atoms with Crippen LogP contribution in [0.2, 0.25) is 0 Å². The van der Waals surface area contributed by atoms with E-state index in [4.69, 9.17) is 5.73 Å². The van der Waals surface area contributed by atoms with Crippen LogP contribution in [-0.4, -0.2) is 8.42 Å². The average Bonchev–Trinajstić information content (AvgIpc) is 2.34. The van der Waals surface area contributed by atoms with Crippen molar-refractivity contribution in [1.82, 2.24) is 0 Å². The largest absolute Gasteiger partial charge is 0.399 e. The van der Waals surface area contributed by atoms with Crippen LogP contribution in [0.1, 0.15) is 5.56 Å². The Labute approximate surface area is 111 Å². The lowest BCUT2D eigenvalue weighted by Crippen LogP contribution is -2.15. The van der Waals surface area contributed by atoms with Gasteiger partial charge in [-0.25, -0.2) is 12.8 Å². The highest BCUT2D eigenvalue weighted by molar-refractivity contribution is 7.92. The molecular formula is C13H13FN2O2S. The summed E-state index contributed by atoms with van der Waals surface area (Å²) in [4.78, 5) is -0.392.